The van der Waals surface area contributed by atoms with Gasteiger partial charge in [-0.1, -0.05) is 12.1 Å². The van der Waals surface area contributed by atoms with Crippen LogP contribution < -0.4 is 15.4 Å². The van der Waals surface area contributed by atoms with Crippen molar-refractivity contribution in [2.75, 3.05) is 32.9 Å². The van der Waals surface area contributed by atoms with E-state index < -0.39 is 0 Å². The average Bonchev–Trinajstić information content (AvgIpc) is 3.12. The van der Waals surface area contributed by atoms with Crippen LogP contribution in [-0.2, 0) is 16.0 Å². The zero-order valence-electron chi connectivity index (χ0n) is 18.1. The standard InChI is InChI=1S/C22H37N3O3/c1-6-23-21(24-11-7-12-27-19-10-13-26-16-19)25-15-18-9-8-17(2)14-20(18)28-22(3,4)5/h8-9,14,19H,6-7,10-13,15-16H2,1-5H3,(H2,23,24,25). The number of nitrogens with one attached hydrogen (secondary N) is 2. The molecule has 1 aromatic carbocycles. The van der Waals surface area contributed by atoms with E-state index in [2.05, 4.69) is 63.5 Å². The summed E-state index contributed by atoms with van der Waals surface area (Å²) in [5.41, 5.74) is 2.03. The second-order valence-electron chi connectivity index (χ2n) is 8.16. The summed E-state index contributed by atoms with van der Waals surface area (Å²) in [5.74, 6) is 1.72. The Balaban J connectivity index is 1.87. The molecule has 0 saturated carbocycles. The van der Waals surface area contributed by atoms with Gasteiger partial charge in [0.25, 0.3) is 0 Å². The quantitative estimate of drug-likeness (QED) is 0.384. The number of ether oxygens (including phenoxy) is 3. The van der Waals surface area contributed by atoms with E-state index in [4.69, 9.17) is 19.2 Å². The van der Waals surface area contributed by atoms with E-state index in [0.29, 0.717) is 6.54 Å². The van der Waals surface area contributed by atoms with E-state index in [-0.39, 0.29) is 11.7 Å². The molecule has 158 valence electrons. The molecule has 2 N–H and O–H groups in total. The lowest BCUT2D eigenvalue weighted by molar-refractivity contribution is 0.0420. The Hall–Kier alpha value is -1.79. The fourth-order valence-electron chi connectivity index (χ4n) is 2.90. The molecule has 1 saturated heterocycles. The van der Waals surface area contributed by atoms with Gasteiger partial charge < -0.3 is 24.8 Å². The highest BCUT2D eigenvalue weighted by Gasteiger charge is 2.16. The van der Waals surface area contributed by atoms with Gasteiger partial charge in [0.05, 0.1) is 19.3 Å². The Kier molecular flexibility index (Phi) is 9.06. The number of aliphatic imine (C=N–C) groups is 1. The van der Waals surface area contributed by atoms with Gasteiger partial charge in [0.15, 0.2) is 5.96 Å². The Morgan fingerprint density at radius 3 is 2.79 bits per heavy atom. The Bertz CT molecular complexity index is 620. The first kappa shape index (κ1) is 22.5. The third-order valence-corrected chi connectivity index (χ3v) is 4.25. The number of hydrogen-bond acceptors (Lipinski definition) is 4. The smallest absolute Gasteiger partial charge is 0.191 e. The van der Waals surface area contributed by atoms with E-state index in [1.54, 1.807) is 0 Å². The minimum absolute atomic E-state index is 0.237. The second-order valence-corrected chi connectivity index (χ2v) is 8.16. The van der Waals surface area contributed by atoms with Crippen molar-refractivity contribution in [1.82, 2.24) is 10.6 Å². The van der Waals surface area contributed by atoms with Crippen LogP contribution in [0.1, 0.15) is 51.7 Å². The maximum absolute atomic E-state index is 6.13. The summed E-state index contributed by atoms with van der Waals surface area (Å²) in [6.45, 7) is 14.8. The van der Waals surface area contributed by atoms with E-state index in [1.807, 2.05) is 0 Å². The predicted molar refractivity (Wildman–Crippen MR) is 114 cm³/mol. The predicted octanol–water partition coefficient (Wildman–Crippen LogP) is 3.42. The summed E-state index contributed by atoms with van der Waals surface area (Å²) >= 11 is 0. The molecule has 0 spiro atoms. The average molecular weight is 392 g/mol. The molecule has 2 rings (SSSR count). The van der Waals surface area contributed by atoms with Gasteiger partial charge in [-0.25, -0.2) is 4.99 Å². The highest BCUT2D eigenvalue weighted by molar-refractivity contribution is 5.79. The zero-order valence-corrected chi connectivity index (χ0v) is 18.1. The molecule has 1 aliphatic rings. The van der Waals surface area contributed by atoms with Crippen LogP contribution in [-0.4, -0.2) is 50.6 Å². The van der Waals surface area contributed by atoms with Crippen molar-refractivity contribution in [2.24, 2.45) is 4.99 Å². The van der Waals surface area contributed by atoms with E-state index in [9.17, 15) is 0 Å². The van der Waals surface area contributed by atoms with Crippen LogP contribution in [0.5, 0.6) is 5.75 Å². The maximum Gasteiger partial charge on any atom is 0.191 e. The van der Waals surface area contributed by atoms with Crippen molar-refractivity contribution >= 4 is 5.96 Å². The van der Waals surface area contributed by atoms with Crippen molar-refractivity contribution in [3.63, 3.8) is 0 Å². The van der Waals surface area contributed by atoms with Crippen molar-refractivity contribution in [3.8, 4) is 5.75 Å². The fourth-order valence-corrected chi connectivity index (χ4v) is 2.90. The van der Waals surface area contributed by atoms with Gasteiger partial charge in [0, 0.05) is 31.9 Å². The van der Waals surface area contributed by atoms with Gasteiger partial charge in [0.1, 0.15) is 11.4 Å². The van der Waals surface area contributed by atoms with Crippen LogP contribution >= 0.6 is 0 Å². The molecule has 1 aliphatic heterocycles. The minimum Gasteiger partial charge on any atom is -0.488 e. The molecule has 0 bridgehead atoms. The number of guanidine groups is 1. The molecule has 1 atom stereocenters. The molecule has 1 fully saturated rings. The fraction of sp³-hybridized carbons (Fsp3) is 0.682. The summed E-state index contributed by atoms with van der Waals surface area (Å²) in [5, 5.41) is 6.68. The highest BCUT2D eigenvalue weighted by atomic mass is 16.5. The minimum atomic E-state index is -0.237. The molecule has 1 aromatic rings. The lowest BCUT2D eigenvalue weighted by Gasteiger charge is -2.23. The summed E-state index contributed by atoms with van der Waals surface area (Å²) < 4.78 is 17.3. The molecular formula is C22H37N3O3. The van der Waals surface area contributed by atoms with Crippen LogP contribution in [0.4, 0.5) is 0 Å². The number of aryl methyl sites for hydroxylation is 1. The topological polar surface area (TPSA) is 64.1 Å². The van der Waals surface area contributed by atoms with Crippen molar-refractivity contribution in [1.29, 1.82) is 0 Å². The lowest BCUT2D eigenvalue weighted by Crippen LogP contribution is -2.38. The van der Waals surface area contributed by atoms with Crippen LogP contribution in [0.25, 0.3) is 0 Å². The molecule has 6 nitrogen and oxygen atoms in total. The van der Waals surface area contributed by atoms with Gasteiger partial charge in [-0.15, -0.1) is 0 Å². The third kappa shape index (κ3) is 8.48. The molecule has 0 radical (unpaired) electrons. The Labute approximate surface area is 170 Å². The normalized spacial score (nSPS) is 17.6. The Morgan fingerprint density at radius 1 is 1.29 bits per heavy atom. The first-order valence-electron chi connectivity index (χ1n) is 10.4. The van der Waals surface area contributed by atoms with Crippen molar-refractivity contribution < 1.29 is 14.2 Å². The van der Waals surface area contributed by atoms with Crippen LogP contribution in [0.3, 0.4) is 0 Å². The van der Waals surface area contributed by atoms with Crippen LogP contribution in [0.15, 0.2) is 23.2 Å². The summed E-state index contributed by atoms with van der Waals surface area (Å²) in [6.07, 6.45) is 2.21. The van der Waals surface area contributed by atoms with E-state index in [1.165, 1.54) is 5.56 Å². The van der Waals surface area contributed by atoms with Crippen LogP contribution in [0.2, 0.25) is 0 Å². The number of hydrogen-bond donors (Lipinski definition) is 2. The van der Waals surface area contributed by atoms with Crippen molar-refractivity contribution in [2.45, 2.75) is 65.7 Å². The first-order chi connectivity index (χ1) is 13.4. The van der Waals surface area contributed by atoms with E-state index >= 15 is 0 Å². The maximum atomic E-state index is 6.13. The van der Waals surface area contributed by atoms with Gasteiger partial charge in [-0.2, -0.15) is 0 Å². The van der Waals surface area contributed by atoms with Crippen molar-refractivity contribution in [3.05, 3.63) is 29.3 Å². The van der Waals surface area contributed by atoms with Gasteiger partial charge in [-0.05, 0) is 59.1 Å². The number of benzene rings is 1. The van der Waals surface area contributed by atoms with E-state index in [0.717, 1.165) is 63.0 Å². The third-order valence-electron chi connectivity index (χ3n) is 4.25. The Morgan fingerprint density at radius 2 is 2.11 bits per heavy atom. The van der Waals surface area contributed by atoms with Gasteiger partial charge in [-0.3, -0.25) is 0 Å². The molecule has 0 aromatic heterocycles. The molecule has 0 aliphatic carbocycles. The van der Waals surface area contributed by atoms with Crippen LogP contribution in [0, 0.1) is 6.92 Å². The molecule has 28 heavy (non-hydrogen) atoms. The summed E-state index contributed by atoms with van der Waals surface area (Å²) in [7, 11) is 0. The second kappa shape index (κ2) is 11.3. The number of rotatable bonds is 9. The zero-order chi connectivity index (χ0) is 20.4. The number of nitrogens with zero attached hydrogens (tertiary/aromatic N) is 1. The molecule has 0 amide bonds. The SMILES string of the molecule is CCNC(=NCc1ccc(C)cc1OC(C)(C)C)NCCCOC1CCOC1. The summed E-state index contributed by atoms with van der Waals surface area (Å²) in [6, 6.07) is 6.28. The highest BCUT2D eigenvalue weighted by Crippen LogP contribution is 2.25. The summed E-state index contributed by atoms with van der Waals surface area (Å²) in [4.78, 5) is 4.73. The molecule has 1 heterocycles. The lowest BCUT2D eigenvalue weighted by atomic mass is 10.1. The molecule has 6 heteroatoms. The first-order valence-corrected chi connectivity index (χ1v) is 10.4. The molecular weight excluding hydrogens is 354 g/mol. The van der Waals surface area contributed by atoms with Gasteiger partial charge >= 0.3 is 0 Å². The monoisotopic (exact) mass is 391 g/mol. The molecule has 1 unspecified atom stereocenters. The van der Waals surface area contributed by atoms with Gasteiger partial charge in [0.2, 0.25) is 0 Å². The largest absolute Gasteiger partial charge is 0.488 e.